The second-order valence-electron chi connectivity index (χ2n) is 5.30. The Morgan fingerprint density at radius 1 is 1.45 bits per heavy atom. The molecule has 2 unspecified atom stereocenters. The highest BCUT2D eigenvalue weighted by Gasteiger charge is 2.28. The number of aliphatic hydroxyl groups excluding tert-OH is 1. The van der Waals surface area contributed by atoms with Crippen molar-refractivity contribution in [3.63, 3.8) is 0 Å². The lowest BCUT2D eigenvalue weighted by Crippen LogP contribution is -2.50. The van der Waals surface area contributed by atoms with Crippen LogP contribution in [-0.4, -0.2) is 47.0 Å². The molecule has 0 saturated carbocycles. The number of hydrogen-bond acceptors (Lipinski definition) is 6. The number of aryl methyl sites for hydroxylation is 2. The Bertz CT molecular complexity index is 628. The van der Waals surface area contributed by atoms with Gasteiger partial charge in [0.1, 0.15) is 17.0 Å². The molecular formula is C14H19N3O2S. The van der Waals surface area contributed by atoms with Crippen LogP contribution in [0.15, 0.2) is 6.33 Å². The van der Waals surface area contributed by atoms with E-state index < -0.39 is 0 Å². The zero-order chi connectivity index (χ0) is 14.3. The van der Waals surface area contributed by atoms with Gasteiger partial charge in [0.2, 0.25) is 0 Å². The molecule has 1 N–H and O–H groups in total. The van der Waals surface area contributed by atoms with Crippen molar-refractivity contribution in [2.45, 2.75) is 32.9 Å². The van der Waals surface area contributed by atoms with Crippen molar-refractivity contribution in [3.8, 4) is 0 Å². The molecule has 2 aromatic rings. The van der Waals surface area contributed by atoms with Crippen LogP contribution in [0.5, 0.6) is 0 Å². The maximum absolute atomic E-state index is 9.33. The van der Waals surface area contributed by atoms with Gasteiger partial charge in [0.05, 0.1) is 30.7 Å². The van der Waals surface area contributed by atoms with E-state index in [1.807, 2.05) is 0 Å². The van der Waals surface area contributed by atoms with Gasteiger partial charge in [-0.2, -0.15) is 0 Å². The summed E-state index contributed by atoms with van der Waals surface area (Å²) in [5.74, 6) is 0.964. The Kier molecular flexibility index (Phi) is 3.62. The molecule has 3 heterocycles. The molecule has 0 aliphatic carbocycles. The third-order valence-corrected chi connectivity index (χ3v) is 5.04. The molecule has 1 fully saturated rings. The fourth-order valence-electron chi connectivity index (χ4n) is 2.60. The molecule has 0 aromatic carbocycles. The van der Waals surface area contributed by atoms with Crippen molar-refractivity contribution in [1.29, 1.82) is 0 Å². The standard InChI is InChI=1S/C14H19N3O2S/c1-8-6-19-11(5-18)4-17(8)13-12-9(2)10(3)20-14(12)16-7-15-13/h7-8,11,18H,4-6H2,1-3H3. The smallest absolute Gasteiger partial charge is 0.141 e. The summed E-state index contributed by atoms with van der Waals surface area (Å²) in [7, 11) is 0. The van der Waals surface area contributed by atoms with Crippen molar-refractivity contribution >= 4 is 27.4 Å². The summed E-state index contributed by atoms with van der Waals surface area (Å²) in [6.07, 6.45) is 1.49. The number of fused-ring (bicyclic) bond motifs is 1. The lowest BCUT2D eigenvalue weighted by molar-refractivity contribution is -0.0104. The first kappa shape index (κ1) is 13.7. The van der Waals surface area contributed by atoms with E-state index in [4.69, 9.17) is 4.74 Å². The number of hydrogen-bond donors (Lipinski definition) is 1. The molecule has 0 spiro atoms. The highest BCUT2D eigenvalue weighted by atomic mass is 32.1. The summed E-state index contributed by atoms with van der Waals surface area (Å²) in [5, 5.41) is 10.5. The van der Waals surface area contributed by atoms with Gasteiger partial charge in [-0.15, -0.1) is 11.3 Å². The lowest BCUT2D eigenvalue weighted by atomic mass is 10.1. The van der Waals surface area contributed by atoms with Gasteiger partial charge in [0, 0.05) is 11.4 Å². The Hall–Kier alpha value is -1.24. The van der Waals surface area contributed by atoms with Crippen LogP contribution in [0.2, 0.25) is 0 Å². The van der Waals surface area contributed by atoms with Crippen LogP contribution in [0.1, 0.15) is 17.4 Å². The fraction of sp³-hybridized carbons (Fsp3) is 0.571. The van der Waals surface area contributed by atoms with Gasteiger partial charge in [-0.3, -0.25) is 0 Å². The number of thiophene rings is 1. The zero-order valence-corrected chi connectivity index (χ0v) is 12.8. The van der Waals surface area contributed by atoms with Crippen LogP contribution in [0, 0.1) is 13.8 Å². The Morgan fingerprint density at radius 2 is 2.25 bits per heavy atom. The van der Waals surface area contributed by atoms with E-state index in [2.05, 4.69) is 35.6 Å². The monoisotopic (exact) mass is 293 g/mol. The third kappa shape index (κ3) is 2.17. The van der Waals surface area contributed by atoms with E-state index in [0.717, 1.165) is 16.0 Å². The van der Waals surface area contributed by atoms with E-state index >= 15 is 0 Å². The third-order valence-electron chi connectivity index (χ3n) is 3.93. The number of anilines is 1. The van der Waals surface area contributed by atoms with E-state index in [0.29, 0.717) is 13.2 Å². The first-order chi connectivity index (χ1) is 9.61. The van der Waals surface area contributed by atoms with E-state index in [1.165, 1.54) is 10.4 Å². The summed E-state index contributed by atoms with van der Waals surface area (Å²) in [4.78, 5) is 13.4. The van der Waals surface area contributed by atoms with Crippen LogP contribution in [0.25, 0.3) is 10.2 Å². The SMILES string of the molecule is Cc1sc2ncnc(N3CC(CO)OCC3C)c2c1C. The molecule has 20 heavy (non-hydrogen) atoms. The molecule has 0 bridgehead atoms. The first-order valence-corrected chi connectivity index (χ1v) is 7.63. The molecule has 1 aliphatic rings. The van der Waals surface area contributed by atoms with Gasteiger partial charge in [-0.1, -0.05) is 0 Å². The number of ether oxygens (including phenoxy) is 1. The van der Waals surface area contributed by atoms with Gasteiger partial charge in [0.25, 0.3) is 0 Å². The molecule has 1 saturated heterocycles. The number of aliphatic hydroxyl groups is 1. The summed E-state index contributed by atoms with van der Waals surface area (Å²) >= 11 is 1.71. The van der Waals surface area contributed by atoms with E-state index in [1.54, 1.807) is 17.7 Å². The minimum Gasteiger partial charge on any atom is -0.394 e. The van der Waals surface area contributed by atoms with Crippen molar-refractivity contribution < 1.29 is 9.84 Å². The van der Waals surface area contributed by atoms with E-state index in [9.17, 15) is 5.11 Å². The lowest BCUT2D eigenvalue weighted by Gasteiger charge is -2.38. The summed E-state index contributed by atoms with van der Waals surface area (Å²) in [6, 6.07) is 0.246. The zero-order valence-electron chi connectivity index (χ0n) is 12.0. The van der Waals surface area contributed by atoms with E-state index in [-0.39, 0.29) is 18.8 Å². The Balaban J connectivity index is 2.08. The van der Waals surface area contributed by atoms with Crippen LogP contribution in [0.3, 0.4) is 0 Å². The molecule has 2 aromatic heterocycles. The minimum absolute atomic E-state index is 0.0408. The second-order valence-corrected chi connectivity index (χ2v) is 6.50. The molecule has 108 valence electrons. The Morgan fingerprint density at radius 3 is 3.00 bits per heavy atom. The second kappa shape index (κ2) is 5.27. The predicted molar refractivity (Wildman–Crippen MR) is 80.5 cm³/mol. The van der Waals surface area contributed by atoms with Crippen molar-refractivity contribution in [1.82, 2.24) is 9.97 Å². The molecular weight excluding hydrogens is 274 g/mol. The van der Waals surface area contributed by atoms with Gasteiger partial charge in [0.15, 0.2) is 0 Å². The molecule has 0 radical (unpaired) electrons. The molecule has 3 rings (SSSR count). The summed E-state index contributed by atoms with van der Waals surface area (Å²) < 4.78 is 5.61. The van der Waals surface area contributed by atoms with Crippen LogP contribution in [-0.2, 0) is 4.74 Å². The van der Waals surface area contributed by atoms with Crippen molar-refractivity contribution in [2.24, 2.45) is 0 Å². The molecule has 1 aliphatic heterocycles. The minimum atomic E-state index is -0.142. The molecule has 6 heteroatoms. The number of rotatable bonds is 2. The summed E-state index contributed by atoms with van der Waals surface area (Å²) in [5.41, 5.74) is 1.25. The maximum atomic E-state index is 9.33. The highest BCUT2D eigenvalue weighted by Crippen LogP contribution is 2.35. The number of morpholine rings is 1. The topological polar surface area (TPSA) is 58.5 Å². The van der Waals surface area contributed by atoms with Crippen LogP contribution in [0.4, 0.5) is 5.82 Å². The first-order valence-electron chi connectivity index (χ1n) is 6.81. The van der Waals surface area contributed by atoms with Crippen LogP contribution >= 0.6 is 11.3 Å². The quantitative estimate of drug-likeness (QED) is 0.916. The highest BCUT2D eigenvalue weighted by molar-refractivity contribution is 7.18. The van der Waals surface area contributed by atoms with Gasteiger partial charge in [-0.25, -0.2) is 9.97 Å². The maximum Gasteiger partial charge on any atom is 0.141 e. The summed E-state index contributed by atoms with van der Waals surface area (Å²) in [6.45, 7) is 7.67. The van der Waals surface area contributed by atoms with Crippen LogP contribution < -0.4 is 4.90 Å². The van der Waals surface area contributed by atoms with Gasteiger partial charge >= 0.3 is 0 Å². The van der Waals surface area contributed by atoms with Gasteiger partial charge in [-0.05, 0) is 26.3 Å². The average molecular weight is 293 g/mol. The molecule has 2 atom stereocenters. The largest absolute Gasteiger partial charge is 0.394 e. The molecule has 5 nitrogen and oxygen atoms in total. The normalized spacial score (nSPS) is 23.5. The number of aromatic nitrogens is 2. The predicted octanol–water partition coefficient (Wildman–Crippen LogP) is 1.89. The fourth-order valence-corrected chi connectivity index (χ4v) is 3.60. The number of nitrogens with zero attached hydrogens (tertiary/aromatic N) is 3. The molecule has 0 amide bonds. The van der Waals surface area contributed by atoms with Gasteiger partial charge < -0.3 is 14.7 Å². The Labute approximate surface area is 122 Å². The average Bonchev–Trinajstić information content (AvgIpc) is 2.75. The van der Waals surface area contributed by atoms with Crippen molar-refractivity contribution in [2.75, 3.05) is 24.7 Å². The van der Waals surface area contributed by atoms with Crippen molar-refractivity contribution in [3.05, 3.63) is 16.8 Å².